The second-order valence-electron chi connectivity index (χ2n) is 12.7. The Balaban J connectivity index is 2.34. The lowest BCUT2D eigenvalue weighted by Crippen LogP contribution is -2.57. The van der Waals surface area contributed by atoms with Crippen LogP contribution in [0.25, 0.3) is 0 Å². The normalized spacial score (nSPS) is 18.7. The van der Waals surface area contributed by atoms with E-state index in [1.165, 1.54) is 0 Å². The number of aliphatic hydroxyl groups excluding tert-OH is 3. The molecule has 264 valence electrons. The molecule has 11 heteroatoms. The Hall–Kier alpha value is -1.54. The molecular weight excluding hydrogens is 582 g/mol. The summed E-state index contributed by atoms with van der Waals surface area (Å²) in [4.78, 5) is 0. The molecule has 45 heavy (non-hydrogen) atoms. The molecule has 0 bridgehead atoms. The Morgan fingerprint density at radius 3 is 1.87 bits per heavy atom. The molecule has 0 aromatic heterocycles. The van der Waals surface area contributed by atoms with Gasteiger partial charge in [-0.3, -0.25) is 0 Å². The highest BCUT2D eigenvalue weighted by molar-refractivity contribution is 5.39. The lowest BCUT2D eigenvalue weighted by atomic mass is 9.78. The first-order chi connectivity index (χ1) is 21.2. The average Bonchev–Trinajstić information content (AvgIpc) is 3.02. The minimum atomic E-state index is -0.926. The van der Waals surface area contributed by atoms with Crippen LogP contribution in [0.4, 0.5) is 0 Å². The molecule has 0 saturated carbocycles. The van der Waals surface area contributed by atoms with Crippen LogP contribution >= 0.6 is 0 Å². The van der Waals surface area contributed by atoms with Gasteiger partial charge in [0, 0.05) is 12.0 Å². The number of rotatable bonds is 27. The Morgan fingerprint density at radius 2 is 1.29 bits per heavy atom. The summed E-state index contributed by atoms with van der Waals surface area (Å²) in [5.41, 5.74) is 4.53. The first-order valence-corrected chi connectivity index (χ1v) is 16.3. The van der Waals surface area contributed by atoms with E-state index in [0.717, 1.165) is 19.3 Å². The zero-order valence-corrected chi connectivity index (χ0v) is 29.1. The molecule has 0 radical (unpaired) electrons. The maximum Gasteiger partial charge on any atom is 0.161 e. The summed E-state index contributed by atoms with van der Waals surface area (Å²) in [7, 11) is 1.55. The lowest BCUT2D eigenvalue weighted by Gasteiger charge is -2.45. The third-order valence-corrected chi connectivity index (χ3v) is 9.00. The van der Waals surface area contributed by atoms with Crippen LogP contribution in [0.3, 0.4) is 0 Å². The van der Waals surface area contributed by atoms with Crippen molar-refractivity contribution in [2.24, 2.45) is 11.1 Å². The van der Waals surface area contributed by atoms with Crippen molar-refractivity contribution < 1.29 is 48.5 Å². The Labute approximate surface area is 271 Å². The van der Waals surface area contributed by atoms with Crippen molar-refractivity contribution in [3.05, 3.63) is 24.3 Å². The van der Waals surface area contributed by atoms with Crippen LogP contribution in [-0.4, -0.2) is 111 Å². The van der Waals surface area contributed by atoms with E-state index in [2.05, 4.69) is 27.7 Å². The predicted octanol–water partition coefficient (Wildman–Crippen LogP) is 4.08. The summed E-state index contributed by atoms with van der Waals surface area (Å²) in [6.45, 7) is 16.0. The summed E-state index contributed by atoms with van der Waals surface area (Å²) in [6.07, 6.45) is 1.87. The summed E-state index contributed by atoms with van der Waals surface area (Å²) < 4.78 is 40.5. The molecule has 0 fully saturated rings. The van der Waals surface area contributed by atoms with Crippen molar-refractivity contribution in [2.75, 3.05) is 66.6 Å². The highest BCUT2D eigenvalue weighted by Crippen LogP contribution is 2.37. The Bertz CT molecular complexity index is 921. The summed E-state index contributed by atoms with van der Waals surface area (Å²) in [5, 5.41) is 29.7. The maximum absolute atomic E-state index is 10.2. The maximum atomic E-state index is 10.2. The zero-order valence-electron chi connectivity index (χ0n) is 29.1. The van der Waals surface area contributed by atoms with Crippen molar-refractivity contribution in [3.63, 3.8) is 0 Å². The Kier molecular flexibility index (Phi) is 19.0. The van der Waals surface area contributed by atoms with Crippen LogP contribution in [0.5, 0.6) is 11.5 Å². The highest BCUT2D eigenvalue weighted by Gasteiger charge is 2.43. The third kappa shape index (κ3) is 14.8. The number of benzene rings is 1. The molecule has 0 aliphatic heterocycles. The second-order valence-corrected chi connectivity index (χ2v) is 12.7. The molecule has 0 aliphatic rings. The first-order valence-electron chi connectivity index (χ1n) is 16.3. The van der Waals surface area contributed by atoms with Crippen molar-refractivity contribution in [1.29, 1.82) is 0 Å². The number of nitrogens with two attached hydrogens (primary N) is 1. The molecule has 0 amide bonds. The van der Waals surface area contributed by atoms with Crippen LogP contribution in [0.2, 0.25) is 0 Å². The monoisotopic (exact) mass is 645 g/mol. The van der Waals surface area contributed by atoms with Crippen molar-refractivity contribution in [2.45, 2.75) is 110 Å². The van der Waals surface area contributed by atoms with E-state index < -0.39 is 34.6 Å². The number of hydrogen-bond acceptors (Lipinski definition) is 11. The standard InChI is InChI=1S/C34H63NO10/c1-9-31(4,26-45-32(5,10-2)16-18-36)34(7,35)44-19-17-33(6,11-3)43-21-20-40-22-27(37)23-41-24-28(38)25-42-30-15-13-12-14-29(30)39-8/h12-15,27-28,36-38H,9-11,16-26,35H2,1-8H3. The van der Waals surface area contributed by atoms with Crippen molar-refractivity contribution >= 4 is 0 Å². The fraction of sp³-hybridized carbons (Fsp3) is 0.824. The molecule has 0 aliphatic carbocycles. The fourth-order valence-corrected chi connectivity index (χ4v) is 4.45. The Morgan fingerprint density at radius 1 is 0.711 bits per heavy atom. The van der Waals surface area contributed by atoms with E-state index in [9.17, 15) is 15.3 Å². The number of aliphatic hydroxyl groups is 3. The van der Waals surface area contributed by atoms with Crippen LogP contribution in [-0.2, 0) is 23.7 Å². The van der Waals surface area contributed by atoms with Gasteiger partial charge in [0.05, 0.1) is 64.6 Å². The zero-order chi connectivity index (χ0) is 34.0. The van der Waals surface area contributed by atoms with Crippen LogP contribution in [0.15, 0.2) is 24.3 Å². The van der Waals surface area contributed by atoms with Gasteiger partial charge in [-0.1, -0.05) is 39.8 Å². The van der Waals surface area contributed by atoms with Crippen LogP contribution < -0.4 is 15.2 Å². The van der Waals surface area contributed by atoms with Crippen molar-refractivity contribution in [1.82, 2.24) is 0 Å². The van der Waals surface area contributed by atoms with Gasteiger partial charge in [0.2, 0.25) is 0 Å². The summed E-state index contributed by atoms with van der Waals surface area (Å²) >= 11 is 0. The molecule has 0 heterocycles. The van der Waals surface area contributed by atoms with Gasteiger partial charge in [-0.2, -0.15) is 0 Å². The fourth-order valence-electron chi connectivity index (χ4n) is 4.45. The van der Waals surface area contributed by atoms with Gasteiger partial charge in [0.1, 0.15) is 24.5 Å². The van der Waals surface area contributed by atoms with Crippen LogP contribution in [0, 0.1) is 5.41 Å². The molecule has 1 aromatic carbocycles. The lowest BCUT2D eigenvalue weighted by molar-refractivity contribution is -0.176. The van der Waals surface area contributed by atoms with Gasteiger partial charge < -0.3 is 54.2 Å². The minimum Gasteiger partial charge on any atom is -0.493 e. The SMILES string of the molecule is CCC(C)(CCOC(C)(N)C(C)(CC)COC(C)(CC)CCO)OCCOCC(O)COCC(O)COc1ccccc1OC. The topological polar surface area (TPSA) is 151 Å². The second kappa shape index (κ2) is 20.6. The highest BCUT2D eigenvalue weighted by atomic mass is 16.6. The van der Waals surface area contributed by atoms with E-state index in [-0.39, 0.29) is 33.0 Å². The molecule has 6 atom stereocenters. The van der Waals surface area contributed by atoms with Gasteiger partial charge in [-0.25, -0.2) is 0 Å². The van der Waals surface area contributed by atoms with Gasteiger partial charge >= 0.3 is 0 Å². The van der Waals surface area contributed by atoms with E-state index in [1.807, 2.05) is 32.9 Å². The predicted molar refractivity (Wildman–Crippen MR) is 175 cm³/mol. The molecule has 11 nitrogen and oxygen atoms in total. The molecule has 0 spiro atoms. The third-order valence-electron chi connectivity index (χ3n) is 9.00. The number of hydrogen-bond donors (Lipinski definition) is 4. The molecular formula is C34H63NO10. The summed E-state index contributed by atoms with van der Waals surface area (Å²) in [5.74, 6) is 1.12. The van der Waals surface area contributed by atoms with Gasteiger partial charge in [0.25, 0.3) is 0 Å². The van der Waals surface area contributed by atoms with E-state index in [0.29, 0.717) is 50.8 Å². The van der Waals surface area contributed by atoms with E-state index in [4.69, 9.17) is 38.9 Å². The van der Waals surface area contributed by atoms with E-state index >= 15 is 0 Å². The summed E-state index contributed by atoms with van der Waals surface area (Å²) in [6, 6.07) is 7.19. The largest absolute Gasteiger partial charge is 0.493 e. The van der Waals surface area contributed by atoms with Gasteiger partial charge in [0.15, 0.2) is 11.5 Å². The molecule has 1 aromatic rings. The molecule has 5 N–H and O–H groups in total. The molecule has 0 saturated heterocycles. The quantitative estimate of drug-likeness (QED) is 0.0809. The first kappa shape index (κ1) is 41.5. The average molecular weight is 646 g/mol. The number of ether oxygens (including phenoxy) is 7. The van der Waals surface area contributed by atoms with E-state index in [1.54, 1.807) is 19.2 Å². The smallest absolute Gasteiger partial charge is 0.161 e. The van der Waals surface area contributed by atoms with Crippen LogP contribution in [0.1, 0.15) is 80.6 Å². The molecule has 6 unspecified atom stereocenters. The molecule has 1 rings (SSSR count). The van der Waals surface area contributed by atoms with Crippen molar-refractivity contribution in [3.8, 4) is 11.5 Å². The van der Waals surface area contributed by atoms with Gasteiger partial charge in [-0.15, -0.1) is 0 Å². The number of methoxy groups -OCH3 is 1. The minimum absolute atomic E-state index is 0.0142. The van der Waals surface area contributed by atoms with Gasteiger partial charge in [-0.05, 0) is 65.0 Å². The number of para-hydroxylation sites is 2.